The zero-order valence-electron chi connectivity index (χ0n) is 9.31. The van der Waals surface area contributed by atoms with Gasteiger partial charge in [0, 0.05) is 18.8 Å². The lowest BCUT2D eigenvalue weighted by atomic mass is 10.1. The van der Waals surface area contributed by atoms with Crippen molar-refractivity contribution in [1.29, 1.82) is 0 Å². The molecular weight excluding hydrogens is 278 g/mol. The van der Waals surface area contributed by atoms with Crippen molar-refractivity contribution >= 4 is 21.7 Å². The second-order valence-electron chi connectivity index (χ2n) is 3.73. The summed E-state index contributed by atoms with van der Waals surface area (Å²) in [6.07, 6.45) is 1.75. The Morgan fingerprint density at radius 2 is 1.94 bits per heavy atom. The maximum Gasteiger partial charge on any atom is 0.140 e. The number of halogens is 1. The number of pyridine rings is 1. The fourth-order valence-corrected chi connectivity index (χ4v) is 1.94. The molecule has 0 saturated heterocycles. The van der Waals surface area contributed by atoms with Gasteiger partial charge in [0.1, 0.15) is 5.82 Å². The fraction of sp³-hybridized carbons (Fsp3) is 0.154. The van der Waals surface area contributed by atoms with Crippen LogP contribution in [0.2, 0.25) is 0 Å². The van der Waals surface area contributed by atoms with Gasteiger partial charge in [0.05, 0.1) is 4.47 Å². The Balaban J connectivity index is 1.97. The maximum atomic E-state index is 6.09. The van der Waals surface area contributed by atoms with Crippen LogP contribution < -0.4 is 11.1 Å². The minimum atomic E-state index is -0.0369. The predicted molar refractivity (Wildman–Crippen MR) is 73.8 cm³/mol. The molecule has 0 spiro atoms. The summed E-state index contributed by atoms with van der Waals surface area (Å²) in [6.45, 7) is 0.652. The quantitative estimate of drug-likeness (QED) is 0.911. The largest absolute Gasteiger partial charge is 0.367 e. The Morgan fingerprint density at radius 1 is 1.18 bits per heavy atom. The first-order valence-corrected chi connectivity index (χ1v) is 6.21. The summed E-state index contributed by atoms with van der Waals surface area (Å²) in [5, 5.41) is 3.23. The average Bonchev–Trinajstić information content (AvgIpc) is 2.38. The van der Waals surface area contributed by atoms with E-state index in [9.17, 15) is 0 Å². The highest BCUT2D eigenvalue weighted by molar-refractivity contribution is 9.10. The number of hydrogen-bond donors (Lipinski definition) is 2. The molecule has 1 aromatic carbocycles. The lowest BCUT2D eigenvalue weighted by Gasteiger charge is -2.14. The van der Waals surface area contributed by atoms with Crippen LogP contribution in [0.1, 0.15) is 11.6 Å². The van der Waals surface area contributed by atoms with E-state index in [2.05, 4.69) is 26.2 Å². The van der Waals surface area contributed by atoms with Crippen LogP contribution in [-0.4, -0.2) is 11.5 Å². The van der Waals surface area contributed by atoms with Crippen molar-refractivity contribution in [2.75, 3.05) is 11.9 Å². The van der Waals surface area contributed by atoms with Crippen molar-refractivity contribution in [1.82, 2.24) is 4.98 Å². The van der Waals surface area contributed by atoms with Crippen LogP contribution in [0.5, 0.6) is 0 Å². The monoisotopic (exact) mass is 291 g/mol. The third-order valence-corrected chi connectivity index (χ3v) is 3.12. The SMILES string of the molecule is NC(CNc1ncccc1Br)c1ccccc1. The molecule has 0 aliphatic rings. The van der Waals surface area contributed by atoms with Crippen LogP contribution in [0.3, 0.4) is 0 Å². The molecule has 0 aliphatic carbocycles. The molecule has 0 amide bonds. The molecule has 88 valence electrons. The van der Waals surface area contributed by atoms with E-state index in [0.29, 0.717) is 6.54 Å². The van der Waals surface area contributed by atoms with Gasteiger partial charge in [-0.3, -0.25) is 0 Å². The van der Waals surface area contributed by atoms with Crippen LogP contribution in [0.15, 0.2) is 53.1 Å². The first-order valence-electron chi connectivity index (χ1n) is 5.42. The summed E-state index contributed by atoms with van der Waals surface area (Å²) in [4.78, 5) is 4.23. The summed E-state index contributed by atoms with van der Waals surface area (Å²) in [5.74, 6) is 0.818. The molecule has 3 nitrogen and oxygen atoms in total. The van der Waals surface area contributed by atoms with Gasteiger partial charge in [-0.05, 0) is 33.6 Å². The number of rotatable bonds is 4. The molecular formula is C13H14BrN3. The van der Waals surface area contributed by atoms with E-state index >= 15 is 0 Å². The standard InChI is InChI=1S/C13H14BrN3/c14-11-7-4-8-16-13(11)17-9-12(15)10-5-2-1-3-6-10/h1-8,12H,9,15H2,(H,16,17). The van der Waals surface area contributed by atoms with Crippen LogP contribution in [-0.2, 0) is 0 Å². The van der Waals surface area contributed by atoms with Gasteiger partial charge in [0.2, 0.25) is 0 Å². The molecule has 2 rings (SSSR count). The van der Waals surface area contributed by atoms with Gasteiger partial charge in [-0.2, -0.15) is 0 Å². The summed E-state index contributed by atoms with van der Waals surface area (Å²) < 4.78 is 0.945. The summed E-state index contributed by atoms with van der Waals surface area (Å²) in [5.41, 5.74) is 7.20. The van der Waals surface area contributed by atoms with Crippen molar-refractivity contribution < 1.29 is 0 Å². The Morgan fingerprint density at radius 3 is 2.65 bits per heavy atom. The smallest absolute Gasteiger partial charge is 0.140 e. The first-order chi connectivity index (χ1) is 8.27. The van der Waals surface area contributed by atoms with Crippen LogP contribution in [0, 0.1) is 0 Å². The summed E-state index contributed by atoms with van der Waals surface area (Å²) in [6, 6.07) is 13.8. The number of hydrogen-bond acceptors (Lipinski definition) is 3. The third kappa shape index (κ3) is 3.28. The predicted octanol–water partition coefficient (Wildman–Crippen LogP) is 2.96. The minimum absolute atomic E-state index is 0.0369. The van der Waals surface area contributed by atoms with Crippen molar-refractivity contribution in [3.8, 4) is 0 Å². The number of anilines is 1. The van der Waals surface area contributed by atoms with E-state index in [1.807, 2.05) is 42.5 Å². The van der Waals surface area contributed by atoms with Gasteiger partial charge in [0.15, 0.2) is 0 Å². The number of nitrogens with zero attached hydrogens (tertiary/aromatic N) is 1. The number of benzene rings is 1. The molecule has 0 fully saturated rings. The lowest BCUT2D eigenvalue weighted by Crippen LogP contribution is -2.21. The summed E-state index contributed by atoms with van der Waals surface area (Å²) >= 11 is 3.44. The van der Waals surface area contributed by atoms with E-state index in [1.54, 1.807) is 6.20 Å². The molecule has 3 N–H and O–H groups in total. The normalized spacial score (nSPS) is 12.1. The lowest BCUT2D eigenvalue weighted by molar-refractivity contribution is 0.761. The molecule has 0 bridgehead atoms. The highest BCUT2D eigenvalue weighted by Gasteiger charge is 2.06. The molecule has 1 heterocycles. The molecule has 17 heavy (non-hydrogen) atoms. The first kappa shape index (κ1) is 12.1. The molecule has 1 aromatic heterocycles. The molecule has 1 atom stereocenters. The highest BCUT2D eigenvalue weighted by atomic mass is 79.9. The zero-order valence-corrected chi connectivity index (χ0v) is 10.9. The number of nitrogens with one attached hydrogen (secondary N) is 1. The fourth-order valence-electron chi connectivity index (χ4n) is 1.54. The van der Waals surface area contributed by atoms with Gasteiger partial charge in [-0.15, -0.1) is 0 Å². The second kappa shape index (κ2) is 5.80. The molecule has 0 saturated carbocycles. The highest BCUT2D eigenvalue weighted by Crippen LogP contribution is 2.19. The molecule has 1 unspecified atom stereocenters. The van der Waals surface area contributed by atoms with Crippen LogP contribution >= 0.6 is 15.9 Å². The Hall–Kier alpha value is -1.39. The molecule has 4 heteroatoms. The van der Waals surface area contributed by atoms with Crippen molar-refractivity contribution in [3.63, 3.8) is 0 Å². The topological polar surface area (TPSA) is 50.9 Å². The van der Waals surface area contributed by atoms with Crippen molar-refractivity contribution in [3.05, 3.63) is 58.7 Å². The van der Waals surface area contributed by atoms with Crippen molar-refractivity contribution in [2.45, 2.75) is 6.04 Å². The Bertz CT molecular complexity index is 473. The Labute approximate surface area is 109 Å². The van der Waals surface area contributed by atoms with Crippen molar-refractivity contribution in [2.24, 2.45) is 5.73 Å². The zero-order chi connectivity index (χ0) is 12.1. The van der Waals surface area contributed by atoms with Gasteiger partial charge < -0.3 is 11.1 Å². The van der Waals surface area contributed by atoms with Gasteiger partial charge in [-0.1, -0.05) is 30.3 Å². The number of aromatic nitrogens is 1. The van der Waals surface area contributed by atoms with Gasteiger partial charge >= 0.3 is 0 Å². The molecule has 2 aromatic rings. The molecule has 0 aliphatic heterocycles. The van der Waals surface area contributed by atoms with Crippen LogP contribution in [0.25, 0.3) is 0 Å². The van der Waals surface area contributed by atoms with E-state index < -0.39 is 0 Å². The number of nitrogens with two attached hydrogens (primary N) is 1. The van der Waals surface area contributed by atoms with Crippen LogP contribution in [0.4, 0.5) is 5.82 Å². The van der Waals surface area contributed by atoms with E-state index in [-0.39, 0.29) is 6.04 Å². The van der Waals surface area contributed by atoms with Gasteiger partial charge in [-0.25, -0.2) is 4.98 Å². The Kier molecular flexibility index (Phi) is 4.12. The van der Waals surface area contributed by atoms with E-state index in [4.69, 9.17) is 5.73 Å². The summed E-state index contributed by atoms with van der Waals surface area (Å²) in [7, 11) is 0. The van der Waals surface area contributed by atoms with E-state index in [0.717, 1.165) is 15.9 Å². The third-order valence-electron chi connectivity index (χ3n) is 2.48. The maximum absolute atomic E-state index is 6.09. The van der Waals surface area contributed by atoms with E-state index in [1.165, 1.54) is 0 Å². The average molecular weight is 292 g/mol. The van der Waals surface area contributed by atoms with Gasteiger partial charge in [0.25, 0.3) is 0 Å². The molecule has 0 radical (unpaired) electrons. The minimum Gasteiger partial charge on any atom is -0.367 e. The second-order valence-corrected chi connectivity index (χ2v) is 4.59.